The van der Waals surface area contributed by atoms with E-state index in [4.69, 9.17) is 18.0 Å². The molecule has 0 bridgehead atoms. The van der Waals surface area contributed by atoms with Crippen LogP contribution in [0.3, 0.4) is 0 Å². The highest BCUT2D eigenvalue weighted by atomic mass is 32.1. The number of carbonyl (C=O) groups excluding carboxylic acids is 1. The second-order valence-corrected chi connectivity index (χ2v) is 5.88. The van der Waals surface area contributed by atoms with Crippen molar-refractivity contribution >= 4 is 23.1 Å². The lowest BCUT2D eigenvalue weighted by atomic mass is 10.1. The molecule has 0 saturated heterocycles. The highest BCUT2D eigenvalue weighted by molar-refractivity contribution is 7.80. The zero-order chi connectivity index (χ0) is 14.1. The fourth-order valence-corrected chi connectivity index (χ4v) is 1.75. The molecule has 0 spiro atoms. The zero-order valence-corrected chi connectivity index (χ0v) is 12.9. The van der Waals surface area contributed by atoms with E-state index in [1.165, 1.54) is 0 Å². The molecule has 4 nitrogen and oxygen atoms in total. The van der Waals surface area contributed by atoms with E-state index in [0.29, 0.717) is 30.3 Å². The fraction of sp³-hybridized carbons (Fsp3) is 0.846. The van der Waals surface area contributed by atoms with E-state index in [0.717, 1.165) is 19.5 Å². The molecular weight excluding hydrogens is 246 g/mol. The number of hydrogen-bond acceptors (Lipinski definition) is 3. The summed E-state index contributed by atoms with van der Waals surface area (Å²) in [6.07, 6.45) is 2.19. The van der Waals surface area contributed by atoms with Crippen molar-refractivity contribution in [1.82, 2.24) is 9.80 Å². The van der Waals surface area contributed by atoms with Gasteiger partial charge in [0.15, 0.2) is 0 Å². The van der Waals surface area contributed by atoms with Crippen LogP contribution >= 0.6 is 12.2 Å². The van der Waals surface area contributed by atoms with E-state index in [2.05, 4.69) is 18.7 Å². The van der Waals surface area contributed by atoms with Crippen LogP contribution in [0.4, 0.5) is 0 Å². The number of nitrogens with two attached hydrogens (primary N) is 1. The average Bonchev–Trinajstić information content (AvgIpc) is 2.20. The molecular formula is C13H27N3OS. The molecule has 1 amide bonds. The minimum atomic E-state index is 0.208. The van der Waals surface area contributed by atoms with Gasteiger partial charge in [0.25, 0.3) is 0 Å². The molecule has 0 aliphatic heterocycles. The van der Waals surface area contributed by atoms with Gasteiger partial charge in [-0.25, -0.2) is 0 Å². The van der Waals surface area contributed by atoms with Gasteiger partial charge in [0, 0.05) is 25.9 Å². The highest BCUT2D eigenvalue weighted by Gasteiger charge is 2.14. The van der Waals surface area contributed by atoms with E-state index >= 15 is 0 Å². The minimum absolute atomic E-state index is 0.208. The Kier molecular flexibility index (Phi) is 8.93. The molecule has 106 valence electrons. The summed E-state index contributed by atoms with van der Waals surface area (Å²) >= 11 is 4.87. The largest absolute Gasteiger partial charge is 0.393 e. The Labute approximate surface area is 116 Å². The van der Waals surface area contributed by atoms with Gasteiger partial charge in [-0.3, -0.25) is 4.79 Å². The molecule has 0 radical (unpaired) electrons. The Morgan fingerprint density at radius 3 is 2.28 bits per heavy atom. The van der Waals surface area contributed by atoms with Gasteiger partial charge >= 0.3 is 0 Å². The number of rotatable bonds is 9. The van der Waals surface area contributed by atoms with Crippen LogP contribution in [0, 0.1) is 5.92 Å². The highest BCUT2D eigenvalue weighted by Crippen LogP contribution is 2.06. The van der Waals surface area contributed by atoms with Crippen LogP contribution in [0.15, 0.2) is 0 Å². The fourth-order valence-electron chi connectivity index (χ4n) is 1.66. The van der Waals surface area contributed by atoms with Crippen LogP contribution < -0.4 is 5.73 Å². The first-order valence-electron chi connectivity index (χ1n) is 6.53. The van der Waals surface area contributed by atoms with Crippen LogP contribution in [-0.4, -0.2) is 54.4 Å². The van der Waals surface area contributed by atoms with Gasteiger partial charge in [-0.15, -0.1) is 0 Å². The number of nitrogens with zero attached hydrogens (tertiary/aromatic N) is 2. The monoisotopic (exact) mass is 273 g/mol. The van der Waals surface area contributed by atoms with Gasteiger partial charge in [-0.1, -0.05) is 26.1 Å². The minimum Gasteiger partial charge on any atom is -0.393 e. The summed E-state index contributed by atoms with van der Waals surface area (Å²) in [6.45, 7) is 6.53. The van der Waals surface area contributed by atoms with E-state index in [1.807, 2.05) is 19.0 Å². The molecule has 0 aromatic carbocycles. The smallest absolute Gasteiger partial charge is 0.222 e. The van der Waals surface area contributed by atoms with E-state index in [1.54, 1.807) is 0 Å². The maximum absolute atomic E-state index is 12.1. The second-order valence-electron chi connectivity index (χ2n) is 5.35. The molecule has 0 heterocycles. The van der Waals surface area contributed by atoms with Crippen LogP contribution in [0.5, 0.6) is 0 Å². The molecule has 2 N–H and O–H groups in total. The summed E-state index contributed by atoms with van der Waals surface area (Å²) in [5.74, 6) is 0.596. The molecule has 5 heteroatoms. The predicted octanol–water partition coefficient (Wildman–Crippen LogP) is 1.49. The summed E-state index contributed by atoms with van der Waals surface area (Å²) in [6, 6.07) is 0. The first-order valence-corrected chi connectivity index (χ1v) is 6.94. The van der Waals surface area contributed by atoms with Crippen LogP contribution in [0.25, 0.3) is 0 Å². The van der Waals surface area contributed by atoms with Crippen molar-refractivity contribution in [3.8, 4) is 0 Å². The van der Waals surface area contributed by atoms with E-state index in [9.17, 15) is 4.79 Å². The Bertz CT molecular complexity index is 267. The van der Waals surface area contributed by atoms with Gasteiger partial charge < -0.3 is 15.5 Å². The van der Waals surface area contributed by atoms with Crippen molar-refractivity contribution in [2.24, 2.45) is 11.7 Å². The van der Waals surface area contributed by atoms with Crippen LogP contribution in [-0.2, 0) is 4.79 Å². The molecule has 18 heavy (non-hydrogen) atoms. The lowest BCUT2D eigenvalue weighted by molar-refractivity contribution is -0.132. The lowest BCUT2D eigenvalue weighted by Gasteiger charge is -2.24. The third kappa shape index (κ3) is 9.36. The topological polar surface area (TPSA) is 49.6 Å². The number of hydrogen-bond donors (Lipinski definition) is 1. The third-order valence-corrected chi connectivity index (χ3v) is 2.80. The summed E-state index contributed by atoms with van der Waals surface area (Å²) in [7, 11) is 4.07. The van der Waals surface area contributed by atoms with Gasteiger partial charge in [0.05, 0.1) is 4.99 Å². The SMILES string of the molecule is CC(C)CC(=O)N(CCCN(C)C)CCC(N)=S. The van der Waals surface area contributed by atoms with Crippen molar-refractivity contribution < 1.29 is 4.79 Å². The number of thiocarbonyl (C=S) groups is 1. The summed E-state index contributed by atoms with van der Waals surface area (Å²) in [4.78, 5) is 16.6. The van der Waals surface area contributed by atoms with Crippen molar-refractivity contribution in [3.63, 3.8) is 0 Å². The summed E-state index contributed by atoms with van der Waals surface area (Å²) < 4.78 is 0. The molecule has 0 saturated carbocycles. The molecule has 0 fully saturated rings. The predicted molar refractivity (Wildman–Crippen MR) is 80.6 cm³/mol. The van der Waals surface area contributed by atoms with Crippen molar-refractivity contribution in [3.05, 3.63) is 0 Å². The van der Waals surface area contributed by atoms with Crippen LogP contribution in [0.1, 0.15) is 33.1 Å². The molecule has 0 aliphatic rings. The lowest BCUT2D eigenvalue weighted by Crippen LogP contribution is -2.36. The van der Waals surface area contributed by atoms with Gasteiger partial charge in [-0.05, 0) is 33.0 Å². The summed E-state index contributed by atoms with van der Waals surface area (Å²) in [5.41, 5.74) is 5.50. The van der Waals surface area contributed by atoms with Crippen molar-refractivity contribution in [1.29, 1.82) is 0 Å². The van der Waals surface area contributed by atoms with Gasteiger partial charge in [0.1, 0.15) is 0 Å². The first kappa shape index (κ1) is 17.3. The van der Waals surface area contributed by atoms with Crippen molar-refractivity contribution in [2.45, 2.75) is 33.1 Å². The van der Waals surface area contributed by atoms with E-state index < -0.39 is 0 Å². The van der Waals surface area contributed by atoms with Gasteiger partial charge in [-0.2, -0.15) is 0 Å². The maximum Gasteiger partial charge on any atom is 0.222 e. The molecule has 0 aromatic rings. The Morgan fingerprint density at radius 1 is 1.22 bits per heavy atom. The molecule has 0 aromatic heterocycles. The average molecular weight is 273 g/mol. The molecule has 0 atom stereocenters. The number of amides is 1. The normalized spacial score (nSPS) is 11.0. The molecule has 0 aliphatic carbocycles. The number of carbonyl (C=O) groups is 1. The molecule has 0 rings (SSSR count). The second kappa shape index (κ2) is 9.28. The van der Waals surface area contributed by atoms with Crippen LogP contribution in [0.2, 0.25) is 0 Å². The molecule has 0 unspecified atom stereocenters. The Balaban J connectivity index is 4.22. The Hall–Kier alpha value is -0.680. The third-order valence-electron chi connectivity index (χ3n) is 2.60. The quantitative estimate of drug-likeness (QED) is 0.647. The van der Waals surface area contributed by atoms with Crippen molar-refractivity contribution in [2.75, 3.05) is 33.7 Å². The Morgan fingerprint density at radius 2 is 1.83 bits per heavy atom. The standard InChI is InChI=1S/C13H27N3OS/c1-11(2)10-13(17)16(9-6-12(14)18)8-5-7-15(3)4/h11H,5-10H2,1-4H3,(H2,14,18). The first-order chi connectivity index (χ1) is 8.32. The van der Waals surface area contributed by atoms with E-state index in [-0.39, 0.29) is 5.91 Å². The summed E-state index contributed by atoms with van der Waals surface area (Å²) in [5, 5.41) is 0. The maximum atomic E-state index is 12.1. The van der Waals surface area contributed by atoms with Gasteiger partial charge in [0.2, 0.25) is 5.91 Å². The zero-order valence-electron chi connectivity index (χ0n) is 12.1.